The molecular formula is C80H62BN3S. The van der Waals surface area contributed by atoms with Crippen molar-refractivity contribution in [2.45, 2.75) is 52.4 Å². The molecule has 0 unspecified atom stereocenters. The van der Waals surface area contributed by atoms with Gasteiger partial charge in [-0.3, -0.25) is 0 Å². The van der Waals surface area contributed by atoms with Gasteiger partial charge in [0.1, 0.15) is 0 Å². The number of rotatable bonds is 10. The second-order valence-corrected chi connectivity index (χ2v) is 25.2. The first kappa shape index (κ1) is 51.0. The van der Waals surface area contributed by atoms with Crippen molar-refractivity contribution in [2.75, 3.05) is 9.80 Å². The molecule has 5 heteroatoms. The van der Waals surface area contributed by atoms with E-state index in [9.17, 15) is 0 Å². The van der Waals surface area contributed by atoms with Gasteiger partial charge in [-0.2, -0.15) is 0 Å². The van der Waals surface area contributed by atoms with Gasteiger partial charge >= 0.3 is 0 Å². The predicted octanol–water partition coefficient (Wildman–Crippen LogP) is 20.5. The second-order valence-electron chi connectivity index (χ2n) is 24.2. The summed E-state index contributed by atoms with van der Waals surface area (Å²) in [7, 11) is 0. The van der Waals surface area contributed by atoms with Crippen molar-refractivity contribution in [3.63, 3.8) is 0 Å². The van der Waals surface area contributed by atoms with Gasteiger partial charge in [-0.1, -0.05) is 234 Å². The van der Waals surface area contributed by atoms with Gasteiger partial charge < -0.3 is 14.4 Å². The lowest BCUT2D eigenvalue weighted by Gasteiger charge is -2.46. The van der Waals surface area contributed by atoms with Gasteiger partial charge in [0.25, 0.3) is 6.71 Å². The molecule has 0 aliphatic carbocycles. The fourth-order valence-electron chi connectivity index (χ4n) is 14.1. The van der Waals surface area contributed by atoms with Crippen LogP contribution in [0.4, 0.5) is 34.1 Å². The predicted molar refractivity (Wildman–Crippen MR) is 367 cm³/mol. The number of para-hydroxylation sites is 2. The SMILES string of the molecule is CCCCc1c(N2c3cc(-n4c5ccccc5c5ccccc54)ccc3B3c4cc(-c5ccccc5)ccc4N(c4c(-c5ccccc5)cc(-c5ccccc5)cc4-c4ccccc4)c4cc(C(C)(C)C)cc2c43)ccc2c1sc1ccccc12. The minimum absolute atomic E-state index is 0.136. The third-order valence-electron chi connectivity index (χ3n) is 18.1. The van der Waals surface area contributed by atoms with Crippen molar-refractivity contribution in [2.24, 2.45) is 0 Å². The molecule has 14 aromatic rings. The number of anilines is 6. The molecule has 0 fully saturated rings. The average molecular weight is 1110 g/mol. The Kier molecular flexibility index (Phi) is 12.2. The van der Waals surface area contributed by atoms with E-state index in [-0.39, 0.29) is 12.1 Å². The normalized spacial score (nSPS) is 12.8. The highest BCUT2D eigenvalue weighted by molar-refractivity contribution is 7.26. The van der Waals surface area contributed by atoms with Gasteiger partial charge in [0.15, 0.2) is 0 Å². The van der Waals surface area contributed by atoms with E-state index in [1.54, 1.807) is 0 Å². The van der Waals surface area contributed by atoms with Gasteiger partial charge in [0.2, 0.25) is 0 Å². The van der Waals surface area contributed by atoms with Gasteiger partial charge in [-0.05, 0) is 146 Å². The second kappa shape index (κ2) is 20.3. The van der Waals surface area contributed by atoms with Crippen molar-refractivity contribution in [3.05, 3.63) is 278 Å². The molecule has 0 N–H and O–H groups in total. The lowest BCUT2D eigenvalue weighted by atomic mass is 9.33. The first-order valence-electron chi connectivity index (χ1n) is 30.2. The molecule has 3 nitrogen and oxygen atoms in total. The maximum Gasteiger partial charge on any atom is 0.252 e. The number of unbranched alkanes of at least 4 members (excludes halogenated alkanes) is 1. The summed E-state index contributed by atoms with van der Waals surface area (Å²) in [5.41, 5.74) is 26.5. The monoisotopic (exact) mass is 1110 g/mol. The van der Waals surface area contributed by atoms with Crippen LogP contribution >= 0.6 is 11.3 Å². The summed E-state index contributed by atoms with van der Waals surface area (Å²) < 4.78 is 5.21. The molecule has 0 bridgehead atoms. The molecule has 16 rings (SSSR count). The first-order chi connectivity index (χ1) is 41.8. The summed E-state index contributed by atoms with van der Waals surface area (Å²) in [4.78, 5) is 5.42. The highest BCUT2D eigenvalue weighted by Gasteiger charge is 2.46. The largest absolute Gasteiger partial charge is 0.311 e. The van der Waals surface area contributed by atoms with E-state index in [0.717, 1.165) is 30.6 Å². The zero-order valence-corrected chi connectivity index (χ0v) is 49.2. The highest BCUT2D eigenvalue weighted by atomic mass is 32.1. The molecule has 0 amide bonds. The number of hydrogen-bond donors (Lipinski definition) is 0. The number of aryl methyl sites for hydroxylation is 1. The van der Waals surface area contributed by atoms with Crippen LogP contribution in [0.5, 0.6) is 0 Å². The van der Waals surface area contributed by atoms with Crippen LogP contribution in [-0.4, -0.2) is 11.3 Å². The van der Waals surface area contributed by atoms with E-state index in [1.807, 2.05) is 11.3 Å². The maximum absolute atomic E-state index is 2.73. The molecule has 0 radical (unpaired) electrons. The quantitative estimate of drug-likeness (QED) is 0.126. The summed E-state index contributed by atoms with van der Waals surface area (Å²) in [6.07, 6.45) is 3.14. The van der Waals surface area contributed by atoms with E-state index in [4.69, 9.17) is 0 Å². The highest BCUT2D eigenvalue weighted by Crippen LogP contribution is 2.54. The Morgan fingerprint density at radius 3 is 1.55 bits per heavy atom. The van der Waals surface area contributed by atoms with Crippen LogP contribution in [0.25, 0.3) is 92.2 Å². The van der Waals surface area contributed by atoms with Crippen molar-refractivity contribution in [1.29, 1.82) is 0 Å². The van der Waals surface area contributed by atoms with Crippen molar-refractivity contribution in [1.82, 2.24) is 4.57 Å². The van der Waals surface area contributed by atoms with Crippen LogP contribution < -0.4 is 26.2 Å². The van der Waals surface area contributed by atoms with Crippen LogP contribution in [0, 0.1) is 0 Å². The molecule has 2 aliphatic heterocycles. The Hall–Kier alpha value is -9.68. The fourth-order valence-corrected chi connectivity index (χ4v) is 15.3. The van der Waals surface area contributed by atoms with Crippen molar-refractivity contribution in [3.8, 4) is 50.2 Å². The molecule has 12 aromatic carbocycles. The Bertz CT molecular complexity index is 4810. The number of thiophene rings is 1. The molecule has 0 saturated carbocycles. The number of nitrogens with zero attached hydrogens (tertiary/aromatic N) is 3. The number of fused-ring (bicyclic) bond motifs is 10. The minimum Gasteiger partial charge on any atom is -0.311 e. The van der Waals surface area contributed by atoms with Crippen LogP contribution in [0.15, 0.2) is 267 Å². The molecular weight excluding hydrogens is 1050 g/mol. The summed E-state index contributed by atoms with van der Waals surface area (Å²) in [6.45, 7) is 9.38. The Morgan fingerprint density at radius 2 is 0.941 bits per heavy atom. The maximum atomic E-state index is 2.73. The first-order valence-corrected chi connectivity index (χ1v) is 31.0. The molecule has 2 aromatic heterocycles. The van der Waals surface area contributed by atoms with E-state index >= 15 is 0 Å². The Balaban J connectivity index is 1.07. The standard InChI is InChI=1S/C80H62BN3S/c1-5-6-33-64-71(45-42-63-62-36-21-24-39-76(62)85-79(63)64)83-73-51-59(82-69-37-22-19-34-60(69)61-35-20-23-38-70(61)82)41-43-67(73)81-68-48-56(52-25-11-7-12-26-52)40-44-72(68)84(75-50-58(80(2,3)4)49-74(83)77(75)81)78-65(54-29-15-9-16-30-54)46-57(53-27-13-8-14-28-53)47-66(78)55-31-17-10-18-32-55/h7-32,34-51H,5-6,33H2,1-4H3. The van der Waals surface area contributed by atoms with E-state index in [0.29, 0.717) is 0 Å². The van der Waals surface area contributed by atoms with E-state index < -0.39 is 0 Å². The third-order valence-corrected chi connectivity index (χ3v) is 19.4. The fraction of sp³-hybridized carbons (Fsp3) is 0.100. The lowest BCUT2D eigenvalue weighted by molar-refractivity contribution is 0.590. The summed E-state index contributed by atoms with van der Waals surface area (Å²) in [6, 6.07) is 101. The zero-order chi connectivity index (χ0) is 56.9. The summed E-state index contributed by atoms with van der Waals surface area (Å²) >= 11 is 1.96. The molecule has 4 heterocycles. The molecule has 2 aliphatic rings. The Labute approximate surface area is 502 Å². The van der Waals surface area contributed by atoms with Crippen LogP contribution in [0.1, 0.15) is 51.7 Å². The van der Waals surface area contributed by atoms with Gasteiger partial charge in [-0.15, -0.1) is 11.3 Å². The smallest absolute Gasteiger partial charge is 0.252 e. The van der Waals surface area contributed by atoms with Crippen LogP contribution in [0.2, 0.25) is 0 Å². The van der Waals surface area contributed by atoms with Crippen LogP contribution in [-0.2, 0) is 11.8 Å². The van der Waals surface area contributed by atoms with Gasteiger partial charge in [0, 0.05) is 70.5 Å². The average Bonchev–Trinajstić information content (AvgIpc) is 1.26. The number of hydrogen-bond acceptors (Lipinski definition) is 3. The molecule has 0 atom stereocenters. The van der Waals surface area contributed by atoms with Crippen LogP contribution in [0.3, 0.4) is 0 Å². The molecule has 0 spiro atoms. The number of benzene rings is 12. The minimum atomic E-state index is -0.233. The Morgan fingerprint density at radius 1 is 0.400 bits per heavy atom. The molecule has 85 heavy (non-hydrogen) atoms. The topological polar surface area (TPSA) is 11.4 Å². The molecule has 406 valence electrons. The van der Waals surface area contributed by atoms with Crippen molar-refractivity contribution >= 4 is 111 Å². The van der Waals surface area contributed by atoms with Crippen molar-refractivity contribution < 1.29 is 0 Å². The lowest BCUT2D eigenvalue weighted by Crippen LogP contribution is -2.61. The van der Waals surface area contributed by atoms with Gasteiger partial charge in [0.05, 0.1) is 22.4 Å². The van der Waals surface area contributed by atoms with E-state index in [2.05, 4.69) is 309 Å². The van der Waals surface area contributed by atoms with E-state index in [1.165, 1.54) is 142 Å². The summed E-state index contributed by atoms with van der Waals surface area (Å²) in [5.74, 6) is 0. The number of aromatic nitrogens is 1. The molecule has 0 saturated heterocycles. The zero-order valence-electron chi connectivity index (χ0n) is 48.4. The third kappa shape index (κ3) is 8.31. The van der Waals surface area contributed by atoms with Gasteiger partial charge in [-0.25, -0.2) is 0 Å². The summed E-state index contributed by atoms with van der Waals surface area (Å²) in [5, 5.41) is 5.18.